The third-order valence-corrected chi connectivity index (χ3v) is 27.1. The molecule has 8 aromatic rings. The Morgan fingerprint density at radius 3 is 0.573 bits per heavy atom. The van der Waals surface area contributed by atoms with Crippen LogP contribution in [0.15, 0.2) is 109 Å². The van der Waals surface area contributed by atoms with E-state index in [0.717, 1.165) is 0 Å². The summed E-state index contributed by atoms with van der Waals surface area (Å²) in [6, 6.07) is 49.2. The lowest BCUT2D eigenvalue weighted by Crippen LogP contribution is -2.17. The summed E-state index contributed by atoms with van der Waals surface area (Å²) in [6.07, 6.45) is 54.0. The molecule has 0 amide bonds. The quantitative estimate of drug-likeness (QED) is 0.0890. The molecule has 506 valence electrons. The normalized spacial score (nSPS) is 21.2. The van der Waals surface area contributed by atoms with Gasteiger partial charge in [0.1, 0.15) is 0 Å². The molecule has 8 aromatic carbocycles. The summed E-state index contributed by atoms with van der Waals surface area (Å²) in [5.41, 5.74) is 24.5. The lowest BCUT2D eigenvalue weighted by molar-refractivity contribution is 0.435. The summed E-state index contributed by atoms with van der Waals surface area (Å²) < 4.78 is 0. The predicted molar refractivity (Wildman–Crippen MR) is 414 cm³/mol. The number of hydrogen-bond donors (Lipinski definition) is 0. The van der Waals surface area contributed by atoms with Gasteiger partial charge in [-0.3, -0.25) is 0 Å². The van der Waals surface area contributed by atoms with Gasteiger partial charge in [0.2, 0.25) is 0 Å². The fraction of sp³-hybridized carbons (Fsp3) is 0.574. The molecule has 8 fully saturated rings. The van der Waals surface area contributed by atoms with Crippen molar-refractivity contribution in [3.63, 3.8) is 0 Å². The van der Waals surface area contributed by atoms with Crippen molar-refractivity contribution in [3.05, 3.63) is 165 Å². The zero-order valence-electron chi connectivity index (χ0n) is 60.3. The Bertz CT molecular complexity index is 3370. The van der Waals surface area contributed by atoms with Crippen LogP contribution in [0.5, 0.6) is 0 Å². The van der Waals surface area contributed by atoms with Crippen molar-refractivity contribution < 1.29 is 0 Å². The van der Waals surface area contributed by atoms with Crippen molar-refractivity contribution in [3.8, 4) is 0 Å². The maximum atomic E-state index is 2.93. The van der Waals surface area contributed by atoms with Crippen molar-refractivity contribution in [1.82, 2.24) is 0 Å². The summed E-state index contributed by atoms with van der Waals surface area (Å²) in [7, 11) is 0. The van der Waals surface area contributed by atoms with Crippen LogP contribution in [0.4, 0.5) is 34.1 Å². The first-order valence-corrected chi connectivity index (χ1v) is 41.2. The third-order valence-electron chi connectivity index (χ3n) is 27.1. The van der Waals surface area contributed by atoms with E-state index in [9.17, 15) is 0 Å². The Hall–Kier alpha value is -5.60. The Kier molecular flexibility index (Phi) is 19.9. The van der Waals surface area contributed by atoms with Crippen LogP contribution in [0.3, 0.4) is 0 Å². The summed E-state index contributed by atoms with van der Waals surface area (Å²) >= 11 is 0. The summed E-state index contributed by atoms with van der Waals surface area (Å²) in [4.78, 5) is 5.86. The number of benzene rings is 8. The Labute approximate surface area is 581 Å². The molecule has 0 bridgehead atoms. The van der Waals surface area contributed by atoms with E-state index in [0.29, 0.717) is 59.2 Å². The molecule has 0 heterocycles. The van der Waals surface area contributed by atoms with Crippen LogP contribution < -0.4 is 9.80 Å². The van der Waals surface area contributed by atoms with Gasteiger partial charge in [0.15, 0.2) is 0 Å². The minimum Gasteiger partial charge on any atom is -0.310 e. The fourth-order valence-corrected chi connectivity index (χ4v) is 21.7. The molecule has 0 unspecified atom stereocenters. The van der Waals surface area contributed by atoms with Crippen LogP contribution in [-0.4, -0.2) is 0 Å². The van der Waals surface area contributed by atoms with Gasteiger partial charge >= 0.3 is 0 Å². The molecule has 2 heteroatoms. The smallest absolute Gasteiger partial charge is 0.0543 e. The first kappa shape index (κ1) is 65.0. The zero-order chi connectivity index (χ0) is 64.6. The van der Waals surface area contributed by atoms with Gasteiger partial charge in [-0.25, -0.2) is 0 Å². The lowest BCUT2D eigenvalue weighted by Gasteiger charge is -2.35. The molecule has 0 aromatic heterocycles. The molecule has 0 aliphatic heterocycles. The van der Waals surface area contributed by atoms with Crippen molar-refractivity contribution in [2.45, 2.75) is 344 Å². The largest absolute Gasteiger partial charge is 0.310 e. The van der Waals surface area contributed by atoms with Gasteiger partial charge in [-0.15, -0.1) is 0 Å². The van der Waals surface area contributed by atoms with Gasteiger partial charge in [-0.1, -0.05) is 230 Å². The lowest BCUT2D eigenvalue weighted by atomic mass is 9.78. The fourth-order valence-electron chi connectivity index (χ4n) is 21.7. The SMILES string of the molecule is CC(C)c1cc(N(c2cc(C3CCCCC3)cc(C3CCCCC3)c2)c2cc(C3CCCCC3)cc(C3CCCCC3)c2)c2ccc3c(C(C)C)cc(N(c4cc(C5CCCCC5)cc(C5CCCCC5)c4)c4cc(C5CCCCC5)cc(C5CCCCC5)c4)c4ccc1c2c34. The molecule has 8 saturated carbocycles. The molecule has 96 heavy (non-hydrogen) atoms. The van der Waals surface area contributed by atoms with Crippen LogP contribution in [0.25, 0.3) is 32.3 Å². The van der Waals surface area contributed by atoms with Crippen LogP contribution in [0.1, 0.15) is 399 Å². The van der Waals surface area contributed by atoms with E-state index in [4.69, 9.17) is 0 Å². The molecule has 2 nitrogen and oxygen atoms in total. The minimum atomic E-state index is 0.329. The highest BCUT2D eigenvalue weighted by Crippen LogP contribution is 2.55. The second-order valence-corrected chi connectivity index (χ2v) is 34.1. The number of rotatable bonds is 16. The van der Waals surface area contributed by atoms with Gasteiger partial charge in [0.25, 0.3) is 0 Å². The van der Waals surface area contributed by atoms with E-state index < -0.39 is 0 Å². The minimum absolute atomic E-state index is 0.329. The van der Waals surface area contributed by atoms with E-state index in [1.54, 1.807) is 44.5 Å². The van der Waals surface area contributed by atoms with Crippen LogP contribution in [-0.2, 0) is 0 Å². The Balaban J connectivity index is 0.985. The molecule has 16 rings (SSSR count). The van der Waals surface area contributed by atoms with Crippen LogP contribution in [0.2, 0.25) is 0 Å². The molecule has 8 aliphatic carbocycles. The summed E-state index contributed by atoms with van der Waals surface area (Å²) in [6.45, 7) is 10.0. The number of anilines is 6. The van der Waals surface area contributed by atoms with E-state index >= 15 is 0 Å². The number of nitrogens with zero attached hydrogens (tertiary/aromatic N) is 2. The van der Waals surface area contributed by atoms with E-state index in [2.05, 4.69) is 147 Å². The van der Waals surface area contributed by atoms with Crippen molar-refractivity contribution in [2.75, 3.05) is 9.80 Å². The van der Waals surface area contributed by atoms with Crippen LogP contribution >= 0.6 is 0 Å². The molecule has 0 spiro atoms. The topological polar surface area (TPSA) is 6.48 Å². The summed E-state index contributed by atoms with van der Waals surface area (Å²) in [5, 5.41) is 8.74. The third kappa shape index (κ3) is 13.4. The predicted octanol–water partition coefficient (Wildman–Crippen LogP) is 30.2. The highest BCUT2D eigenvalue weighted by atomic mass is 15.2. The van der Waals surface area contributed by atoms with Gasteiger partial charge in [0, 0.05) is 33.5 Å². The van der Waals surface area contributed by atoms with Gasteiger partial charge in [0.05, 0.1) is 11.4 Å². The Morgan fingerprint density at radius 1 is 0.219 bits per heavy atom. The molecular weight excluding hydrogens is 1160 g/mol. The summed E-state index contributed by atoms with van der Waals surface area (Å²) in [5.74, 6) is 5.67. The van der Waals surface area contributed by atoms with Crippen molar-refractivity contribution >= 4 is 66.4 Å². The zero-order valence-corrected chi connectivity index (χ0v) is 60.3. The molecule has 0 radical (unpaired) electrons. The maximum Gasteiger partial charge on any atom is 0.0543 e. The van der Waals surface area contributed by atoms with Gasteiger partial charge in [-0.2, -0.15) is 0 Å². The monoisotopic (exact) mass is 1280 g/mol. The molecular formula is C94H120N2. The first-order chi connectivity index (χ1) is 47.2. The van der Waals surface area contributed by atoms with E-state index in [1.807, 2.05) is 0 Å². The molecule has 0 saturated heterocycles. The Morgan fingerprint density at radius 2 is 0.396 bits per heavy atom. The van der Waals surface area contributed by atoms with Crippen molar-refractivity contribution in [1.29, 1.82) is 0 Å². The van der Waals surface area contributed by atoms with Crippen LogP contribution in [0, 0.1) is 0 Å². The van der Waals surface area contributed by atoms with E-state index in [1.165, 1.54) is 334 Å². The molecule has 8 aliphatic rings. The van der Waals surface area contributed by atoms with E-state index in [-0.39, 0.29) is 0 Å². The van der Waals surface area contributed by atoms with Crippen molar-refractivity contribution in [2.24, 2.45) is 0 Å². The standard InChI is InChI=1S/C94H120N2/c1-63(2)89-61-91(95(81-53-73(65-29-13-5-14-30-65)49-74(54-81)66-31-15-6-16-32-66)82-55-75(67-33-17-7-18-34-67)50-76(56-82)68-35-19-8-20-36-68)87-48-46-86-90(64(3)4)62-92(88-47-45-85(89)93(87)94(86)88)96(83-57-77(69-37-21-9-22-38-69)51-78(58-83)70-39-23-10-24-40-70)84-59-79(71-41-25-11-26-42-71)52-80(60-84)72-43-27-12-28-44-72/h45-72H,5-44H2,1-4H3. The average Bonchev–Trinajstić information content (AvgIpc) is 0.705. The second-order valence-electron chi connectivity index (χ2n) is 34.1. The number of hydrogen-bond acceptors (Lipinski definition) is 2. The molecule has 0 atom stereocenters. The second kappa shape index (κ2) is 29.3. The molecule has 0 N–H and O–H groups in total. The average molecular weight is 1280 g/mol. The first-order valence-electron chi connectivity index (χ1n) is 41.2. The maximum absolute atomic E-state index is 2.93. The van der Waals surface area contributed by atoms with Gasteiger partial charge in [-0.05, 0) is 300 Å². The van der Waals surface area contributed by atoms with Gasteiger partial charge < -0.3 is 9.80 Å². The highest BCUT2D eigenvalue weighted by Gasteiger charge is 2.33. The highest BCUT2D eigenvalue weighted by molar-refractivity contribution is 6.29.